The van der Waals surface area contributed by atoms with Crippen molar-refractivity contribution in [2.75, 3.05) is 0 Å². The van der Waals surface area contributed by atoms with Crippen molar-refractivity contribution in [2.45, 2.75) is 26.3 Å². The van der Waals surface area contributed by atoms with Gasteiger partial charge in [0.1, 0.15) is 0 Å². The van der Waals surface area contributed by atoms with E-state index in [2.05, 4.69) is 24.4 Å². The number of hydrogen-bond acceptors (Lipinski definition) is 2. The molecule has 0 saturated carbocycles. The number of thiophene rings is 1. The lowest BCUT2D eigenvalue weighted by molar-refractivity contribution is -0.121. The van der Waals surface area contributed by atoms with Gasteiger partial charge in [0.2, 0.25) is 5.91 Å². The number of benzene rings is 1. The number of hydrogen-bond donors (Lipinski definition) is 1. The second-order valence-corrected chi connectivity index (χ2v) is 5.23. The van der Waals surface area contributed by atoms with E-state index in [1.807, 2.05) is 35.9 Å². The van der Waals surface area contributed by atoms with Gasteiger partial charge in [-0.1, -0.05) is 24.3 Å². The molecule has 0 aliphatic carbocycles. The molecule has 1 unspecified atom stereocenters. The fraction of sp³-hybridized carbons (Fsp3) is 0.267. The first kappa shape index (κ1) is 12.8. The van der Waals surface area contributed by atoms with Gasteiger partial charge in [-0.25, -0.2) is 0 Å². The van der Waals surface area contributed by atoms with E-state index in [1.165, 1.54) is 11.1 Å². The van der Waals surface area contributed by atoms with Crippen molar-refractivity contribution in [1.29, 1.82) is 0 Å². The highest BCUT2D eigenvalue weighted by molar-refractivity contribution is 7.07. The monoisotopic (exact) mass is 259 g/mol. The molecule has 0 aliphatic heterocycles. The topological polar surface area (TPSA) is 29.1 Å². The van der Waals surface area contributed by atoms with Gasteiger partial charge in [0.05, 0.1) is 12.5 Å². The first-order chi connectivity index (χ1) is 8.66. The second-order valence-electron chi connectivity index (χ2n) is 4.45. The van der Waals surface area contributed by atoms with Gasteiger partial charge in [-0.2, -0.15) is 11.3 Å². The molecule has 94 valence electrons. The van der Waals surface area contributed by atoms with Gasteiger partial charge in [0.25, 0.3) is 0 Å². The Balaban J connectivity index is 1.97. The summed E-state index contributed by atoms with van der Waals surface area (Å²) in [5, 5.41) is 7.05. The van der Waals surface area contributed by atoms with Crippen LogP contribution in [0.1, 0.15) is 29.7 Å². The van der Waals surface area contributed by atoms with Crippen LogP contribution in [0.5, 0.6) is 0 Å². The van der Waals surface area contributed by atoms with Crippen LogP contribution in [-0.4, -0.2) is 5.91 Å². The summed E-state index contributed by atoms with van der Waals surface area (Å²) in [7, 11) is 0. The summed E-state index contributed by atoms with van der Waals surface area (Å²) < 4.78 is 0. The summed E-state index contributed by atoms with van der Waals surface area (Å²) in [4.78, 5) is 11.9. The van der Waals surface area contributed by atoms with Gasteiger partial charge in [0.15, 0.2) is 0 Å². The zero-order valence-corrected chi connectivity index (χ0v) is 11.5. The van der Waals surface area contributed by atoms with Crippen LogP contribution in [0.25, 0.3) is 0 Å². The third-order valence-electron chi connectivity index (χ3n) is 2.98. The van der Waals surface area contributed by atoms with Crippen molar-refractivity contribution in [3.63, 3.8) is 0 Å². The minimum Gasteiger partial charge on any atom is -0.349 e. The maximum absolute atomic E-state index is 11.9. The van der Waals surface area contributed by atoms with Gasteiger partial charge in [-0.05, 0) is 47.4 Å². The normalized spacial score (nSPS) is 12.1. The SMILES string of the molecule is Cc1ccccc1C(C)NC(=O)Cc1ccsc1. The van der Waals surface area contributed by atoms with Gasteiger partial charge >= 0.3 is 0 Å². The molecule has 2 rings (SSSR count). The van der Waals surface area contributed by atoms with Gasteiger partial charge in [0, 0.05) is 0 Å². The molecular weight excluding hydrogens is 242 g/mol. The van der Waals surface area contributed by atoms with Crippen LogP contribution in [0.15, 0.2) is 41.1 Å². The van der Waals surface area contributed by atoms with E-state index in [0.717, 1.165) is 5.56 Å². The summed E-state index contributed by atoms with van der Waals surface area (Å²) in [6, 6.07) is 10.2. The highest BCUT2D eigenvalue weighted by Gasteiger charge is 2.11. The first-order valence-electron chi connectivity index (χ1n) is 6.03. The first-order valence-corrected chi connectivity index (χ1v) is 6.97. The maximum Gasteiger partial charge on any atom is 0.224 e. The molecule has 18 heavy (non-hydrogen) atoms. The molecule has 0 radical (unpaired) electrons. The Morgan fingerprint density at radius 1 is 1.33 bits per heavy atom. The lowest BCUT2D eigenvalue weighted by Crippen LogP contribution is -2.28. The number of carbonyl (C=O) groups is 1. The van der Waals surface area contributed by atoms with Crippen LogP contribution < -0.4 is 5.32 Å². The Morgan fingerprint density at radius 3 is 2.78 bits per heavy atom. The average Bonchev–Trinajstić information content (AvgIpc) is 2.82. The summed E-state index contributed by atoms with van der Waals surface area (Å²) in [5.74, 6) is 0.0733. The van der Waals surface area contributed by atoms with Gasteiger partial charge in [-0.3, -0.25) is 4.79 Å². The highest BCUT2D eigenvalue weighted by Crippen LogP contribution is 2.17. The predicted molar refractivity (Wildman–Crippen MR) is 75.8 cm³/mol. The van der Waals surface area contributed by atoms with Crippen LogP contribution in [0.4, 0.5) is 0 Å². The summed E-state index contributed by atoms with van der Waals surface area (Å²) in [6.45, 7) is 4.09. The summed E-state index contributed by atoms with van der Waals surface area (Å²) in [5.41, 5.74) is 3.46. The lowest BCUT2D eigenvalue weighted by atomic mass is 10.0. The van der Waals surface area contributed by atoms with E-state index in [4.69, 9.17) is 0 Å². The van der Waals surface area contributed by atoms with E-state index in [1.54, 1.807) is 11.3 Å². The van der Waals surface area contributed by atoms with Crippen molar-refractivity contribution in [1.82, 2.24) is 5.32 Å². The van der Waals surface area contributed by atoms with Crippen molar-refractivity contribution in [3.05, 3.63) is 57.8 Å². The largest absolute Gasteiger partial charge is 0.349 e. The molecule has 0 spiro atoms. The zero-order valence-electron chi connectivity index (χ0n) is 10.6. The molecule has 1 aromatic heterocycles. The van der Waals surface area contributed by atoms with Gasteiger partial charge < -0.3 is 5.32 Å². The molecule has 1 N–H and O–H groups in total. The predicted octanol–water partition coefficient (Wildman–Crippen LogP) is 3.48. The standard InChI is InChI=1S/C15H17NOS/c1-11-5-3-4-6-14(11)12(2)16-15(17)9-13-7-8-18-10-13/h3-8,10,12H,9H2,1-2H3,(H,16,17). The van der Waals surface area contributed by atoms with E-state index in [-0.39, 0.29) is 11.9 Å². The van der Waals surface area contributed by atoms with Crippen molar-refractivity contribution in [2.24, 2.45) is 0 Å². The lowest BCUT2D eigenvalue weighted by Gasteiger charge is -2.16. The van der Waals surface area contributed by atoms with Crippen LogP contribution in [-0.2, 0) is 11.2 Å². The Labute approximate surface area is 112 Å². The van der Waals surface area contributed by atoms with Crippen LogP contribution in [0.2, 0.25) is 0 Å². The smallest absolute Gasteiger partial charge is 0.224 e. The van der Waals surface area contributed by atoms with E-state index < -0.39 is 0 Å². The molecule has 1 atom stereocenters. The van der Waals surface area contributed by atoms with Crippen LogP contribution >= 0.6 is 11.3 Å². The van der Waals surface area contributed by atoms with Gasteiger partial charge in [-0.15, -0.1) is 0 Å². The Morgan fingerprint density at radius 2 is 2.11 bits per heavy atom. The fourth-order valence-corrected chi connectivity index (χ4v) is 2.69. The molecule has 1 aromatic carbocycles. The molecule has 0 fully saturated rings. The fourth-order valence-electron chi connectivity index (χ4n) is 2.02. The maximum atomic E-state index is 11.9. The van der Waals surface area contributed by atoms with Crippen LogP contribution in [0, 0.1) is 6.92 Å². The summed E-state index contributed by atoms with van der Waals surface area (Å²) in [6.07, 6.45) is 0.458. The number of amides is 1. The molecule has 1 amide bonds. The highest BCUT2D eigenvalue weighted by atomic mass is 32.1. The van der Waals surface area contributed by atoms with Crippen molar-refractivity contribution < 1.29 is 4.79 Å². The van der Waals surface area contributed by atoms with Crippen LogP contribution in [0.3, 0.4) is 0 Å². The Kier molecular flexibility index (Phi) is 4.15. The minimum atomic E-state index is 0.0531. The Hall–Kier alpha value is -1.61. The number of carbonyl (C=O) groups excluding carboxylic acids is 1. The molecule has 0 bridgehead atoms. The molecular formula is C15H17NOS. The van der Waals surface area contributed by atoms with E-state index in [0.29, 0.717) is 6.42 Å². The molecule has 1 heterocycles. The molecule has 0 aliphatic rings. The molecule has 0 saturated heterocycles. The third-order valence-corrected chi connectivity index (χ3v) is 3.71. The minimum absolute atomic E-state index is 0.0531. The zero-order chi connectivity index (χ0) is 13.0. The quantitative estimate of drug-likeness (QED) is 0.895. The Bertz CT molecular complexity index is 519. The van der Waals surface area contributed by atoms with Crippen molar-refractivity contribution in [3.8, 4) is 0 Å². The third kappa shape index (κ3) is 3.20. The average molecular weight is 259 g/mol. The van der Waals surface area contributed by atoms with E-state index >= 15 is 0 Å². The molecule has 2 nitrogen and oxygen atoms in total. The van der Waals surface area contributed by atoms with E-state index in [9.17, 15) is 4.79 Å². The van der Waals surface area contributed by atoms with Crippen molar-refractivity contribution >= 4 is 17.2 Å². The number of rotatable bonds is 4. The summed E-state index contributed by atoms with van der Waals surface area (Å²) >= 11 is 1.62. The molecule has 2 aromatic rings. The second kappa shape index (κ2) is 5.83. The molecule has 3 heteroatoms. The number of aryl methyl sites for hydroxylation is 1. The number of nitrogens with one attached hydrogen (secondary N) is 1.